The second-order valence-electron chi connectivity index (χ2n) is 7.75. The van der Waals surface area contributed by atoms with Crippen molar-refractivity contribution in [2.24, 2.45) is 10.2 Å². The standard InChI is InChI=1S/C25H19ClN4O5/c26-17-8-6-16(7-9-17)24(32)27-12-22(31)28-29-23-18-3-1-2-4-19(18)30(25(23)33)13-15-5-10-20-21(11-15)35-14-34-20/h1-11,33H,12-14H2,(H,27,32). The molecule has 5 rings (SSSR count). The van der Waals surface area contributed by atoms with Crippen LogP contribution in [0.3, 0.4) is 0 Å². The van der Waals surface area contributed by atoms with Crippen LogP contribution < -0.4 is 14.8 Å². The number of carbonyl (C=O) groups is 2. The minimum atomic E-state index is -0.667. The molecular weight excluding hydrogens is 472 g/mol. The predicted octanol–water partition coefficient (Wildman–Crippen LogP) is 4.82. The zero-order chi connectivity index (χ0) is 24.4. The highest BCUT2D eigenvalue weighted by Crippen LogP contribution is 2.40. The van der Waals surface area contributed by atoms with Crippen molar-refractivity contribution >= 4 is 40.0 Å². The number of benzene rings is 3. The fourth-order valence-electron chi connectivity index (χ4n) is 3.75. The summed E-state index contributed by atoms with van der Waals surface area (Å²) in [6.45, 7) is 0.167. The lowest BCUT2D eigenvalue weighted by Crippen LogP contribution is -2.28. The maximum absolute atomic E-state index is 12.2. The molecule has 1 aromatic heterocycles. The van der Waals surface area contributed by atoms with Gasteiger partial charge in [0.2, 0.25) is 12.7 Å². The number of amides is 2. The fourth-order valence-corrected chi connectivity index (χ4v) is 3.88. The summed E-state index contributed by atoms with van der Waals surface area (Å²) < 4.78 is 12.5. The average molecular weight is 491 g/mol. The Morgan fingerprint density at radius 2 is 1.80 bits per heavy atom. The van der Waals surface area contributed by atoms with E-state index in [0.717, 1.165) is 11.1 Å². The summed E-state index contributed by atoms with van der Waals surface area (Å²) in [5.41, 5.74) is 2.14. The number of nitrogens with zero attached hydrogens (tertiary/aromatic N) is 3. The molecule has 0 saturated heterocycles. The Hall–Kier alpha value is -4.37. The molecule has 2 heterocycles. The number of ether oxygens (including phenoxy) is 2. The molecule has 0 fully saturated rings. The molecule has 1 aliphatic rings. The van der Waals surface area contributed by atoms with Crippen molar-refractivity contribution in [2.75, 3.05) is 13.3 Å². The van der Waals surface area contributed by atoms with Crippen LogP contribution in [0.2, 0.25) is 5.02 Å². The Morgan fingerprint density at radius 3 is 2.63 bits per heavy atom. The summed E-state index contributed by atoms with van der Waals surface area (Å²) in [5.74, 6) is 0.0782. The first kappa shape index (κ1) is 22.4. The van der Waals surface area contributed by atoms with Crippen molar-refractivity contribution in [2.45, 2.75) is 6.54 Å². The van der Waals surface area contributed by atoms with Gasteiger partial charge in [0.15, 0.2) is 17.2 Å². The van der Waals surface area contributed by atoms with E-state index >= 15 is 0 Å². The molecule has 0 aliphatic carbocycles. The number of aromatic hydroxyl groups is 1. The highest BCUT2D eigenvalue weighted by atomic mass is 35.5. The van der Waals surface area contributed by atoms with E-state index in [0.29, 0.717) is 34.0 Å². The van der Waals surface area contributed by atoms with Gasteiger partial charge in [0, 0.05) is 16.0 Å². The predicted molar refractivity (Wildman–Crippen MR) is 129 cm³/mol. The van der Waals surface area contributed by atoms with E-state index in [1.165, 1.54) is 0 Å². The molecule has 4 aromatic rings. The molecule has 0 bridgehead atoms. The Labute approximate surface area is 204 Å². The van der Waals surface area contributed by atoms with Crippen LogP contribution in [0.1, 0.15) is 15.9 Å². The quantitative estimate of drug-likeness (QED) is 0.376. The maximum Gasteiger partial charge on any atom is 0.283 e. The number of hydrogen-bond acceptors (Lipinski definition) is 6. The van der Waals surface area contributed by atoms with Gasteiger partial charge < -0.3 is 24.5 Å². The van der Waals surface area contributed by atoms with Gasteiger partial charge in [-0.05, 0) is 48.0 Å². The lowest BCUT2D eigenvalue weighted by molar-refractivity contribution is -0.117. The van der Waals surface area contributed by atoms with E-state index in [1.54, 1.807) is 41.0 Å². The van der Waals surface area contributed by atoms with Gasteiger partial charge >= 0.3 is 0 Å². The summed E-state index contributed by atoms with van der Waals surface area (Å²) in [7, 11) is 0. The van der Waals surface area contributed by atoms with Gasteiger partial charge in [-0.25, -0.2) is 0 Å². The highest BCUT2D eigenvalue weighted by molar-refractivity contribution is 6.30. The highest BCUT2D eigenvalue weighted by Gasteiger charge is 2.19. The van der Waals surface area contributed by atoms with Gasteiger partial charge in [-0.3, -0.25) is 9.59 Å². The monoisotopic (exact) mass is 490 g/mol. The van der Waals surface area contributed by atoms with Gasteiger partial charge in [0.1, 0.15) is 6.54 Å². The lowest BCUT2D eigenvalue weighted by atomic mass is 10.2. The first-order chi connectivity index (χ1) is 17.0. The fraction of sp³-hybridized carbons (Fsp3) is 0.120. The number of rotatable bonds is 6. The largest absolute Gasteiger partial charge is 0.493 e. The van der Waals surface area contributed by atoms with Crippen LogP contribution in [0.25, 0.3) is 10.9 Å². The summed E-state index contributed by atoms with van der Waals surface area (Å²) in [6.07, 6.45) is 0. The van der Waals surface area contributed by atoms with Gasteiger partial charge in [-0.15, -0.1) is 10.2 Å². The van der Waals surface area contributed by atoms with Crippen LogP contribution >= 0.6 is 11.6 Å². The summed E-state index contributed by atoms with van der Waals surface area (Å²) in [4.78, 5) is 24.4. The molecule has 176 valence electrons. The van der Waals surface area contributed by atoms with Gasteiger partial charge in [0.05, 0.1) is 12.1 Å². The Morgan fingerprint density at radius 1 is 1.03 bits per heavy atom. The van der Waals surface area contributed by atoms with E-state index in [1.807, 2.05) is 30.3 Å². The number of fused-ring (bicyclic) bond motifs is 2. The van der Waals surface area contributed by atoms with E-state index in [4.69, 9.17) is 21.1 Å². The molecule has 9 nitrogen and oxygen atoms in total. The van der Waals surface area contributed by atoms with E-state index in [2.05, 4.69) is 15.5 Å². The van der Waals surface area contributed by atoms with Crippen molar-refractivity contribution in [3.63, 3.8) is 0 Å². The molecule has 0 spiro atoms. The third-order valence-corrected chi connectivity index (χ3v) is 5.72. The second-order valence-corrected chi connectivity index (χ2v) is 8.18. The van der Waals surface area contributed by atoms with Crippen LogP contribution in [-0.2, 0) is 11.3 Å². The molecule has 0 atom stereocenters. The number of aromatic nitrogens is 1. The Balaban J connectivity index is 1.33. The van der Waals surface area contributed by atoms with Gasteiger partial charge in [-0.1, -0.05) is 35.9 Å². The zero-order valence-electron chi connectivity index (χ0n) is 18.3. The Bertz CT molecular complexity index is 1460. The number of para-hydroxylation sites is 1. The lowest BCUT2D eigenvalue weighted by Gasteiger charge is -2.08. The summed E-state index contributed by atoms with van der Waals surface area (Å²) in [6, 6.07) is 19.1. The first-order valence-corrected chi connectivity index (χ1v) is 11.0. The van der Waals surface area contributed by atoms with Crippen LogP contribution in [-0.4, -0.2) is 34.8 Å². The first-order valence-electron chi connectivity index (χ1n) is 10.7. The molecule has 0 unspecified atom stereocenters. The number of hydrogen-bond donors (Lipinski definition) is 2. The minimum Gasteiger partial charge on any atom is -0.493 e. The van der Waals surface area contributed by atoms with Crippen molar-refractivity contribution in [3.8, 4) is 17.4 Å². The van der Waals surface area contributed by atoms with Crippen molar-refractivity contribution in [1.29, 1.82) is 0 Å². The smallest absolute Gasteiger partial charge is 0.283 e. The topological polar surface area (TPSA) is 115 Å². The van der Waals surface area contributed by atoms with Crippen molar-refractivity contribution in [1.82, 2.24) is 9.88 Å². The maximum atomic E-state index is 12.2. The molecule has 2 N–H and O–H groups in total. The van der Waals surface area contributed by atoms with Crippen LogP contribution in [0, 0.1) is 0 Å². The SMILES string of the molecule is O=C(CNC(=O)c1ccc(Cl)cc1)N=Nc1c(O)n(Cc2ccc3c(c2)OCO3)c2ccccc12. The van der Waals surface area contributed by atoms with E-state index < -0.39 is 11.8 Å². The number of carbonyl (C=O) groups excluding carboxylic acids is 2. The van der Waals surface area contributed by atoms with Crippen LogP contribution in [0.15, 0.2) is 77.0 Å². The summed E-state index contributed by atoms with van der Waals surface area (Å²) >= 11 is 5.82. The molecule has 1 aliphatic heterocycles. The number of halogens is 1. The average Bonchev–Trinajstić information content (AvgIpc) is 3.44. The van der Waals surface area contributed by atoms with Crippen LogP contribution in [0.4, 0.5) is 5.69 Å². The van der Waals surface area contributed by atoms with Crippen molar-refractivity contribution < 1.29 is 24.2 Å². The van der Waals surface area contributed by atoms with E-state index in [-0.39, 0.29) is 24.9 Å². The molecule has 0 radical (unpaired) electrons. The minimum absolute atomic E-state index is 0.134. The van der Waals surface area contributed by atoms with Crippen LogP contribution in [0.5, 0.6) is 17.4 Å². The molecule has 10 heteroatoms. The zero-order valence-corrected chi connectivity index (χ0v) is 19.0. The summed E-state index contributed by atoms with van der Waals surface area (Å²) in [5, 5.41) is 22.3. The van der Waals surface area contributed by atoms with Gasteiger partial charge in [-0.2, -0.15) is 0 Å². The molecular formula is C25H19ClN4O5. The third-order valence-electron chi connectivity index (χ3n) is 5.46. The second kappa shape index (κ2) is 9.47. The number of azo groups is 1. The van der Waals surface area contributed by atoms with Gasteiger partial charge in [0.25, 0.3) is 11.8 Å². The third kappa shape index (κ3) is 4.67. The molecule has 3 aromatic carbocycles. The van der Waals surface area contributed by atoms with E-state index in [9.17, 15) is 14.7 Å². The molecule has 0 saturated carbocycles. The Kier molecular flexibility index (Phi) is 6.07. The normalized spacial score (nSPS) is 12.4. The molecule has 35 heavy (non-hydrogen) atoms. The van der Waals surface area contributed by atoms with Crippen molar-refractivity contribution in [3.05, 3.63) is 82.9 Å². The molecule has 2 amide bonds. The number of nitrogens with one attached hydrogen (secondary N) is 1.